The van der Waals surface area contributed by atoms with Gasteiger partial charge in [0.05, 0.1) is 6.10 Å². The van der Waals surface area contributed by atoms with Gasteiger partial charge in [-0.1, -0.05) is 0 Å². The van der Waals surface area contributed by atoms with Crippen molar-refractivity contribution < 1.29 is 44.5 Å². The standard InChI is InChI=1S/C21H20O10/c1-8-15(25)17(27)18(28)21(29-8)31-20-16(26)14-12(24)6-11(23)7-13(14)30-19(20)9-2-4-10(22)5-3-9/h2-8,15,17-18,21-25,27-28H,1H3. The number of hydrogen-bond donors (Lipinski definition) is 6. The van der Waals surface area contributed by atoms with Crippen molar-refractivity contribution >= 4 is 11.0 Å². The Bertz CT molecular complexity index is 1170. The molecule has 3 aromatic rings. The summed E-state index contributed by atoms with van der Waals surface area (Å²) in [7, 11) is 0. The molecule has 6 N–H and O–H groups in total. The highest BCUT2D eigenvalue weighted by Gasteiger charge is 2.44. The molecule has 10 nitrogen and oxygen atoms in total. The minimum atomic E-state index is -1.69. The summed E-state index contributed by atoms with van der Waals surface area (Å²) < 4.78 is 16.8. The maximum atomic E-state index is 13.2. The van der Waals surface area contributed by atoms with E-state index in [0.29, 0.717) is 5.56 Å². The number of aromatic hydroxyl groups is 3. The Kier molecular flexibility index (Phi) is 5.23. The van der Waals surface area contributed by atoms with E-state index >= 15 is 0 Å². The predicted octanol–water partition coefficient (Wildman–Crippen LogP) is 0.783. The Morgan fingerprint density at radius 2 is 1.58 bits per heavy atom. The van der Waals surface area contributed by atoms with Gasteiger partial charge in [-0.25, -0.2) is 0 Å². The second kappa shape index (κ2) is 7.75. The molecule has 2 aromatic carbocycles. The first-order chi connectivity index (χ1) is 14.7. The fourth-order valence-corrected chi connectivity index (χ4v) is 3.41. The normalized spacial score (nSPS) is 26.1. The van der Waals surface area contributed by atoms with E-state index < -0.39 is 47.6 Å². The zero-order valence-electron chi connectivity index (χ0n) is 16.2. The van der Waals surface area contributed by atoms with Crippen LogP contribution in [0.25, 0.3) is 22.3 Å². The Labute approximate surface area is 174 Å². The Hall–Kier alpha value is -3.31. The van der Waals surface area contributed by atoms with E-state index in [-0.39, 0.29) is 28.2 Å². The fourth-order valence-electron chi connectivity index (χ4n) is 3.41. The van der Waals surface area contributed by atoms with E-state index in [2.05, 4.69) is 0 Å². The van der Waals surface area contributed by atoms with Crippen LogP contribution in [-0.4, -0.2) is 61.3 Å². The summed E-state index contributed by atoms with van der Waals surface area (Å²) in [5, 5.41) is 59.4. The van der Waals surface area contributed by atoms with E-state index in [1.165, 1.54) is 31.2 Å². The third-order valence-electron chi connectivity index (χ3n) is 5.09. The smallest absolute Gasteiger partial charge is 0.239 e. The lowest BCUT2D eigenvalue weighted by molar-refractivity contribution is -0.268. The molecule has 1 fully saturated rings. The average Bonchev–Trinajstić information content (AvgIpc) is 2.72. The number of ether oxygens (including phenoxy) is 2. The zero-order chi connectivity index (χ0) is 22.4. The minimum Gasteiger partial charge on any atom is -0.508 e. The first-order valence-corrected chi connectivity index (χ1v) is 9.36. The molecule has 1 aliphatic rings. The largest absolute Gasteiger partial charge is 0.508 e. The van der Waals surface area contributed by atoms with Crippen molar-refractivity contribution in [3.8, 4) is 34.3 Å². The molecule has 1 saturated heterocycles. The van der Waals surface area contributed by atoms with Gasteiger partial charge >= 0.3 is 0 Å². The lowest BCUT2D eigenvalue weighted by atomic mass is 10.00. The van der Waals surface area contributed by atoms with Crippen LogP contribution in [0.3, 0.4) is 0 Å². The molecule has 0 radical (unpaired) electrons. The molecule has 5 unspecified atom stereocenters. The molecule has 0 amide bonds. The number of fused-ring (bicyclic) bond motifs is 1. The van der Waals surface area contributed by atoms with Crippen LogP contribution in [-0.2, 0) is 4.74 Å². The number of aliphatic hydroxyl groups is 3. The van der Waals surface area contributed by atoms with Gasteiger partial charge in [-0.15, -0.1) is 0 Å². The number of phenolic OH excluding ortho intramolecular Hbond substituents is 3. The highest BCUT2D eigenvalue weighted by Crippen LogP contribution is 2.37. The van der Waals surface area contributed by atoms with Gasteiger partial charge in [-0.3, -0.25) is 4.79 Å². The van der Waals surface area contributed by atoms with Crippen LogP contribution in [0.15, 0.2) is 45.6 Å². The maximum Gasteiger partial charge on any atom is 0.239 e. The van der Waals surface area contributed by atoms with Crippen LogP contribution in [0, 0.1) is 0 Å². The monoisotopic (exact) mass is 432 g/mol. The van der Waals surface area contributed by atoms with Crippen LogP contribution in [0.4, 0.5) is 0 Å². The van der Waals surface area contributed by atoms with Crippen molar-refractivity contribution in [1.82, 2.24) is 0 Å². The third-order valence-corrected chi connectivity index (χ3v) is 5.09. The van der Waals surface area contributed by atoms with Crippen molar-refractivity contribution in [2.24, 2.45) is 0 Å². The van der Waals surface area contributed by atoms with E-state index in [1.807, 2.05) is 0 Å². The van der Waals surface area contributed by atoms with Gasteiger partial charge in [-0.05, 0) is 31.2 Å². The van der Waals surface area contributed by atoms with E-state index in [4.69, 9.17) is 13.9 Å². The highest BCUT2D eigenvalue weighted by atomic mass is 16.7. The van der Waals surface area contributed by atoms with Crippen LogP contribution < -0.4 is 10.2 Å². The number of hydrogen-bond acceptors (Lipinski definition) is 10. The van der Waals surface area contributed by atoms with Gasteiger partial charge in [0.15, 0.2) is 5.76 Å². The van der Waals surface area contributed by atoms with E-state index in [0.717, 1.165) is 12.1 Å². The molecule has 0 aliphatic carbocycles. The van der Waals surface area contributed by atoms with Crippen molar-refractivity contribution in [1.29, 1.82) is 0 Å². The molecule has 2 heterocycles. The number of rotatable bonds is 3. The second-order valence-electron chi connectivity index (χ2n) is 7.27. The Morgan fingerprint density at radius 3 is 2.26 bits per heavy atom. The molecule has 1 aliphatic heterocycles. The first-order valence-electron chi connectivity index (χ1n) is 9.36. The number of aliphatic hydroxyl groups excluding tert-OH is 3. The first kappa shape index (κ1) is 20.9. The van der Waals surface area contributed by atoms with Gasteiger partial charge in [0.1, 0.15) is 46.5 Å². The molecule has 0 spiro atoms. The van der Waals surface area contributed by atoms with Crippen molar-refractivity contribution in [3.05, 3.63) is 46.6 Å². The summed E-state index contributed by atoms with van der Waals surface area (Å²) in [6, 6.07) is 7.66. The third kappa shape index (κ3) is 3.66. The lowest BCUT2D eigenvalue weighted by Crippen LogP contribution is -2.58. The molecule has 4 rings (SSSR count). The maximum absolute atomic E-state index is 13.2. The van der Waals surface area contributed by atoms with Crippen molar-refractivity contribution in [2.75, 3.05) is 0 Å². The van der Waals surface area contributed by atoms with Crippen LogP contribution >= 0.6 is 0 Å². The zero-order valence-corrected chi connectivity index (χ0v) is 16.2. The number of benzene rings is 2. The topological polar surface area (TPSA) is 170 Å². The minimum absolute atomic E-state index is 0.0402. The van der Waals surface area contributed by atoms with Crippen molar-refractivity contribution in [3.63, 3.8) is 0 Å². The van der Waals surface area contributed by atoms with Gasteiger partial charge in [-0.2, -0.15) is 0 Å². The van der Waals surface area contributed by atoms with Crippen molar-refractivity contribution in [2.45, 2.75) is 37.6 Å². The van der Waals surface area contributed by atoms with E-state index in [9.17, 15) is 35.4 Å². The van der Waals surface area contributed by atoms with E-state index in [1.54, 1.807) is 0 Å². The van der Waals surface area contributed by atoms with Gasteiger partial charge in [0.2, 0.25) is 17.5 Å². The lowest BCUT2D eigenvalue weighted by Gasteiger charge is -2.38. The average molecular weight is 432 g/mol. The van der Waals surface area contributed by atoms with Gasteiger partial charge in [0.25, 0.3) is 0 Å². The summed E-state index contributed by atoms with van der Waals surface area (Å²) in [6.45, 7) is 1.45. The quantitative estimate of drug-likeness (QED) is 0.348. The SMILES string of the molecule is CC1OC(Oc2c(-c3ccc(O)cc3)oc3cc(O)cc(O)c3c2=O)C(O)C(O)C1O. The summed E-state index contributed by atoms with van der Waals surface area (Å²) in [4.78, 5) is 13.2. The van der Waals surface area contributed by atoms with Crippen LogP contribution in [0.5, 0.6) is 23.0 Å². The van der Waals surface area contributed by atoms with Crippen LogP contribution in [0.1, 0.15) is 6.92 Å². The summed E-state index contributed by atoms with van der Waals surface area (Å²) in [5.74, 6) is -1.51. The molecule has 1 aromatic heterocycles. The molecule has 10 heteroatoms. The molecule has 164 valence electrons. The van der Waals surface area contributed by atoms with Crippen LogP contribution in [0.2, 0.25) is 0 Å². The number of phenols is 3. The highest BCUT2D eigenvalue weighted by molar-refractivity contribution is 5.88. The Morgan fingerprint density at radius 1 is 0.903 bits per heavy atom. The molecular weight excluding hydrogens is 412 g/mol. The Balaban J connectivity index is 1.90. The predicted molar refractivity (Wildman–Crippen MR) is 106 cm³/mol. The fraction of sp³-hybridized carbons (Fsp3) is 0.286. The second-order valence-corrected chi connectivity index (χ2v) is 7.27. The summed E-state index contributed by atoms with van der Waals surface area (Å²) >= 11 is 0. The molecule has 0 saturated carbocycles. The molecule has 0 bridgehead atoms. The van der Waals surface area contributed by atoms with Gasteiger partial charge < -0.3 is 44.5 Å². The molecule has 5 atom stereocenters. The summed E-state index contributed by atoms with van der Waals surface area (Å²) in [5.41, 5.74) is -0.661. The molecular formula is C21H20O10. The summed E-state index contributed by atoms with van der Waals surface area (Å²) in [6.07, 6.45) is -7.11. The van der Waals surface area contributed by atoms with Gasteiger partial charge in [0, 0.05) is 17.7 Å². The molecule has 31 heavy (non-hydrogen) atoms.